The van der Waals surface area contributed by atoms with Gasteiger partial charge in [0.1, 0.15) is 0 Å². The Morgan fingerprint density at radius 3 is 2.89 bits per heavy atom. The van der Waals surface area contributed by atoms with Crippen LogP contribution in [0.3, 0.4) is 0 Å². The second kappa shape index (κ2) is 9.71. The van der Waals surface area contributed by atoms with Gasteiger partial charge in [0.25, 0.3) is 0 Å². The first-order valence-corrected chi connectivity index (χ1v) is 12.2. The summed E-state index contributed by atoms with van der Waals surface area (Å²) >= 11 is 0. The van der Waals surface area contributed by atoms with Crippen LogP contribution in [0.2, 0.25) is 0 Å². The smallest absolute Gasteiger partial charge is 0.306 e. The van der Waals surface area contributed by atoms with Crippen LogP contribution in [0, 0.1) is 0 Å². The van der Waals surface area contributed by atoms with Crippen molar-refractivity contribution in [1.29, 1.82) is 0 Å². The number of benzene rings is 1. The molecule has 6 rings (SSSR count). The molecule has 0 unspecified atom stereocenters. The number of nitrogens with one attached hydrogen (secondary N) is 1. The monoisotopic (exact) mass is 501 g/mol. The molecule has 1 fully saturated rings. The molecule has 0 aliphatic carbocycles. The van der Waals surface area contributed by atoms with Gasteiger partial charge < -0.3 is 20.2 Å². The number of amides is 1. The van der Waals surface area contributed by atoms with E-state index in [1.54, 1.807) is 17.1 Å². The van der Waals surface area contributed by atoms with E-state index in [1.165, 1.54) is 0 Å². The van der Waals surface area contributed by atoms with E-state index in [-0.39, 0.29) is 11.8 Å². The first kappa shape index (κ1) is 23.3. The van der Waals surface area contributed by atoms with E-state index in [2.05, 4.69) is 42.6 Å². The maximum Gasteiger partial charge on any atom is 0.306 e. The lowest BCUT2D eigenvalue weighted by molar-refractivity contribution is 0.0964. The highest BCUT2D eigenvalue weighted by atomic mass is 16.5. The predicted molar refractivity (Wildman–Crippen MR) is 133 cm³/mol. The van der Waals surface area contributed by atoms with Gasteiger partial charge in [-0.1, -0.05) is 12.1 Å². The molecule has 2 aliphatic rings. The lowest BCUT2D eigenvalue weighted by Gasteiger charge is -2.26. The van der Waals surface area contributed by atoms with Gasteiger partial charge in [0.05, 0.1) is 30.1 Å². The van der Waals surface area contributed by atoms with Gasteiger partial charge in [-0.05, 0) is 42.6 Å². The van der Waals surface area contributed by atoms with E-state index < -0.39 is 5.91 Å². The van der Waals surface area contributed by atoms with E-state index in [9.17, 15) is 4.79 Å². The number of aryl methyl sites for hydroxylation is 1. The summed E-state index contributed by atoms with van der Waals surface area (Å²) in [6.07, 6.45) is 7.10. The van der Waals surface area contributed by atoms with Crippen molar-refractivity contribution in [3.05, 3.63) is 65.8 Å². The number of carbonyl (C=O) groups is 1. The number of ether oxygens (including phenoxy) is 1. The van der Waals surface area contributed by atoms with Crippen LogP contribution in [-0.2, 0) is 18.3 Å². The first-order chi connectivity index (χ1) is 18.0. The van der Waals surface area contributed by atoms with Crippen LogP contribution in [0.15, 0.2) is 47.3 Å². The molecule has 5 heterocycles. The number of primary amides is 1. The van der Waals surface area contributed by atoms with Gasteiger partial charge in [0.15, 0.2) is 0 Å². The molecule has 0 spiro atoms. The molecule has 4 aromatic rings. The van der Waals surface area contributed by atoms with Gasteiger partial charge in [0.2, 0.25) is 11.8 Å². The largest absolute Gasteiger partial charge is 0.416 e. The van der Waals surface area contributed by atoms with E-state index in [4.69, 9.17) is 19.9 Å². The first-order valence-electron chi connectivity index (χ1n) is 12.2. The Labute approximate surface area is 212 Å². The number of fused-ring (bicyclic) bond motifs is 1. The van der Waals surface area contributed by atoms with Crippen molar-refractivity contribution in [2.24, 2.45) is 12.8 Å². The Hall–Kier alpha value is -4.16. The highest BCUT2D eigenvalue weighted by Crippen LogP contribution is 2.36. The molecule has 1 amide bonds. The fraction of sp³-hybridized carbons (Fsp3) is 0.360. The molecule has 0 bridgehead atoms. The number of nitrogens with two attached hydrogens (primary N) is 1. The van der Waals surface area contributed by atoms with Crippen LogP contribution in [0.1, 0.15) is 46.5 Å². The third-order valence-electron chi connectivity index (χ3n) is 6.88. The number of hydrogen-bond acceptors (Lipinski definition) is 10. The van der Waals surface area contributed by atoms with Gasteiger partial charge in [-0.2, -0.15) is 5.10 Å². The SMILES string of the molecule is Cn1cc(Nc2nccc(-c3ccc4c(c3)CN([C@H]3CCOC3)CC[C@H]4c3nnc(C(N)=O)o3)n2)cn1. The Bertz CT molecular complexity index is 1430. The average molecular weight is 502 g/mol. The third kappa shape index (κ3) is 4.80. The van der Waals surface area contributed by atoms with Crippen molar-refractivity contribution in [2.75, 3.05) is 25.1 Å². The molecule has 0 saturated carbocycles. The van der Waals surface area contributed by atoms with Crippen molar-refractivity contribution >= 4 is 17.5 Å². The standard InChI is InChI=1S/C25H27N9O3/c1-33-13-17(11-28-33)29-25-27-7-4-21(30-25)15-2-3-19-16(10-15)12-34(18-6-9-36-14-18)8-5-20(19)23-31-32-24(37-23)22(26)35/h2-4,7,10-11,13,18,20H,5-6,8-9,12,14H2,1H3,(H2,26,35)(H,27,29,30)/t18-,20+/m0/s1. The third-order valence-corrected chi connectivity index (χ3v) is 6.88. The number of anilines is 2. The summed E-state index contributed by atoms with van der Waals surface area (Å²) in [4.78, 5) is 23.1. The van der Waals surface area contributed by atoms with Gasteiger partial charge >= 0.3 is 11.8 Å². The minimum Gasteiger partial charge on any atom is -0.416 e. The summed E-state index contributed by atoms with van der Waals surface area (Å²) in [6, 6.07) is 8.55. The molecule has 0 radical (unpaired) electrons. The Morgan fingerprint density at radius 2 is 2.14 bits per heavy atom. The van der Waals surface area contributed by atoms with Crippen LogP contribution in [0.4, 0.5) is 11.6 Å². The second-order valence-electron chi connectivity index (χ2n) is 9.35. The van der Waals surface area contributed by atoms with Crippen molar-refractivity contribution in [3.8, 4) is 11.3 Å². The molecule has 2 aliphatic heterocycles. The lowest BCUT2D eigenvalue weighted by Crippen LogP contribution is -2.35. The maximum atomic E-state index is 11.6. The molecular formula is C25H27N9O3. The zero-order chi connectivity index (χ0) is 25.4. The maximum absolute atomic E-state index is 11.6. The number of nitrogens with zero attached hydrogens (tertiary/aromatic N) is 7. The summed E-state index contributed by atoms with van der Waals surface area (Å²) < 4.78 is 13.1. The molecule has 37 heavy (non-hydrogen) atoms. The summed E-state index contributed by atoms with van der Waals surface area (Å²) in [6.45, 7) is 3.10. The molecule has 1 aromatic carbocycles. The molecule has 190 valence electrons. The zero-order valence-corrected chi connectivity index (χ0v) is 20.4. The van der Waals surface area contributed by atoms with Gasteiger partial charge in [0, 0.05) is 44.2 Å². The zero-order valence-electron chi connectivity index (χ0n) is 20.4. The number of rotatable bonds is 6. The summed E-state index contributed by atoms with van der Waals surface area (Å²) in [7, 11) is 1.86. The van der Waals surface area contributed by atoms with Crippen LogP contribution in [0.25, 0.3) is 11.3 Å². The highest BCUT2D eigenvalue weighted by Gasteiger charge is 2.32. The summed E-state index contributed by atoms with van der Waals surface area (Å²) in [5, 5.41) is 15.4. The van der Waals surface area contributed by atoms with Crippen molar-refractivity contribution < 1.29 is 13.9 Å². The number of aromatic nitrogens is 6. The minimum absolute atomic E-state index is 0.148. The second-order valence-corrected chi connectivity index (χ2v) is 9.35. The lowest BCUT2D eigenvalue weighted by atomic mass is 9.91. The molecule has 12 heteroatoms. The van der Waals surface area contributed by atoms with Gasteiger partial charge in [-0.15, -0.1) is 10.2 Å². The normalized spacial score (nSPS) is 19.9. The molecular weight excluding hydrogens is 474 g/mol. The number of hydrogen-bond donors (Lipinski definition) is 2. The molecule has 12 nitrogen and oxygen atoms in total. The number of carbonyl (C=O) groups excluding carboxylic acids is 1. The van der Waals surface area contributed by atoms with E-state index >= 15 is 0 Å². The van der Waals surface area contributed by atoms with Crippen LogP contribution >= 0.6 is 0 Å². The van der Waals surface area contributed by atoms with E-state index in [1.807, 2.05) is 25.4 Å². The molecule has 1 saturated heterocycles. The fourth-order valence-corrected chi connectivity index (χ4v) is 5.04. The summed E-state index contributed by atoms with van der Waals surface area (Å²) in [5.74, 6) is -0.157. The minimum atomic E-state index is -0.730. The Morgan fingerprint density at radius 1 is 1.22 bits per heavy atom. The molecule has 3 aromatic heterocycles. The highest BCUT2D eigenvalue weighted by molar-refractivity contribution is 5.87. The predicted octanol–water partition coefficient (Wildman–Crippen LogP) is 2.23. The van der Waals surface area contributed by atoms with Crippen molar-refractivity contribution in [3.63, 3.8) is 0 Å². The topological polar surface area (TPSA) is 150 Å². The quantitative estimate of drug-likeness (QED) is 0.402. The molecule has 2 atom stereocenters. The van der Waals surface area contributed by atoms with Gasteiger partial charge in [-0.3, -0.25) is 14.4 Å². The van der Waals surface area contributed by atoms with E-state index in [0.29, 0.717) is 17.9 Å². The average Bonchev–Trinajstić information content (AvgIpc) is 3.65. The summed E-state index contributed by atoms with van der Waals surface area (Å²) in [5.41, 5.74) is 10.2. The Balaban J connectivity index is 1.35. The van der Waals surface area contributed by atoms with Crippen LogP contribution in [-0.4, -0.2) is 66.6 Å². The fourth-order valence-electron chi connectivity index (χ4n) is 5.04. The van der Waals surface area contributed by atoms with Crippen molar-refractivity contribution in [2.45, 2.75) is 31.3 Å². The van der Waals surface area contributed by atoms with Crippen LogP contribution < -0.4 is 11.1 Å². The molecule has 3 N–H and O–H groups in total. The van der Waals surface area contributed by atoms with Crippen LogP contribution in [0.5, 0.6) is 0 Å². The Kier molecular flexibility index (Phi) is 6.10. The van der Waals surface area contributed by atoms with E-state index in [0.717, 1.165) is 67.2 Å². The van der Waals surface area contributed by atoms with Gasteiger partial charge in [-0.25, -0.2) is 9.97 Å². The van der Waals surface area contributed by atoms with Crippen molar-refractivity contribution in [1.82, 2.24) is 34.8 Å².